The summed E-state index contributed by atoms with van der Waals surface area (Å²) in [5.41, 5.74) is 5.40. The van der Waals surface area contributed by atoms with Crippen LogP contribution in [0.4, 0.5) is 0 Å². The third kappa shape index (κ3) is 3.97. The number of nitrogens with zero attached hydrogens (tertiary/aromatic N) is 3. The summed E-state index contributed by atoms with van der Waals surface area (Å²) < 4.78 is 0. The van der Waals surface area contributed by atoms with Gasteiger partial charge in [-0.15, -0.1) is 0 Å². The molecule has 0 unspecified atom stereocenters. The molecule has 2 aromatic rings. The van der Waals surface area contributed by atoms with Crippen LogP contribution in [-0.4, -0.2) is 34.5 Å². The minimum absolute atomic E-state index is 0.541. The lowest BCUT2D eigenvalue weighted by Crippen LogP contribution is -2.32. The van der Waals surface area contributed by atoms with Crippen LogP contribution >= 0.6 is 0 Å². The number of benzene rings is 1. The van der Waals surface area contributed by atoms with Crippen molar-refractivity contribution < 1.29 is 0 Å². The van der Waals surface area contributed by atoms with Gasteiger partial charge in [0.15, 0.2) is 0 Å². The van der Waals surface area contributed by atoms with Crippen molar-refractivity contribution in [2.24, 2.45) is 0 Å². The first-order valence-corrected chi connectivity index (χ1v) is 10.1. The zero-order valence-electron chi connectivity index (χ0n) is 16.0. The average molecular weight is 351 g/mol. The molecule has 0 atom stereocenters. The van der Waals surface area contributed by atoms with E-state index in [1.165, 1.54) is 22.4 Å². The maximum Gasteiger partial charge on any atom is 0.131 e. The number of nitrogens with one attached hydrogen (secondary N) is 1. The number of fused-ring (bicyclic) bond motifs is 1. The van der Waals surface area contributed by atoms with Crippen LogP contribution in [0.2, 0.25) is 0 Å². The summed E-state index contributed by atoms with van der Waals surface area (Å²) in [6.45, 7) is 9.73. The second kappa shape index (κ2) is 7.85. The largest absolute Gasteiger partial charge is 0.317 e. The first kappa shape index (κ1) is 17.6. The Labute approximate surface area is 157 Å². The number of hydrogen-bond donors (Lipinski definition) is 1. The first-order chi connectivity index (χ1) is 12.7. The van der Waals surface area contributed by atoms with E-state index in [0.717, 1.165) is 57.8 Å². The number of aromatic nitrogens is 2. The second-order valence-electron chi connectivity index (χ2n) is 8.08. The molecule has 0 aliphatic carbocycles. The van der Waals surface area contributed by atoms with E-state index < -0.39 is 0 Å². The van der Waals surface area contributed by atoms with Crippen LogP contribution < -0.4 is 5.32 Å². The molecule has 4 heteroatoms. The van der Waals surface area contributed by atoms with Crippen LogP contribution in [0.3, 0.4) is 0 Å². The van der Waals surface area contributed by atoms with Crippen LogP contribution in [0.1, 0.15) is 66.7 Å². The molecule has 1 fully saturated rings. The number of piperidine rings is 1. The van der Waals surface area contributed by atoms with Gasteiger partial charge in [0.05, 0.1) is 0 Å². The molecular weight excluding hydrogens is 320 g/mol. The fraction of sp³-hybridized carbons (Fsp3) is 0.545. The summed E-state index contributed by atoms with van der Waals surface area (Å²) in [6.07, 6.45) is 5.46. The van der Waals surface area contributed by atoms with Crippen molar-refractivity contribution in [1.29, 1.82) is 0 Å². The Morgan fingerprint density at radius 3 is 2.65 bits per heavy atom. The van der Waals surface area contributed by atoms with Crippen molar-refractivity contribution in [1.82, 2.24) is 20.2 Å². The van der Waals surface area contributed by atoms with Gasteiger partial charge in [-0.3, -0.25) is 4.90 Å². The minimum atomic E-state index is 0.541. The highest BCUT2D eigenvalue weighted by molar-refractivity contribution is 5.26. The predicted molar refractivity (Wildman–Crippen MR) is 105 cm³/mol. The van der Waals surface area contributed by atoms with Gasteiger partial charge in [0, 0.05) is 49.4 Å². The van der Waals surface area contributed by atoms with E-state index in [9.17, 15) is 0 Å². The maximum absolute atomic E-state index is 4.94. The van der Waals surface area contributed by atoms with E-state index in [4.69, 9.17) is 9.97 Å². The summed E-state index contributed by atoms with van der Waals surface area (Å²) >= 11 is 0. The lowest BCUT2D eigenvalue weighted by molar-refractivity contribution is 0.242. The Morgan fingerprint density at radius 1 is 1.15 bits per heavy atom. The highest BCUT2D eigenvalue weighted by Gasteiger charge is 2.22. The highest BCUT2D eigenvalue weighted by Crippen LogP contribution is 2.25. The predicted octanol–water partition coefficient (Wildman–Crippen LogP) is 3.63. The van der Waals surface area contributed by atoms with Crippen LogP contribution in [0.25, 0.3) is 0 Å². The molecule has 1 aromatic heterocycles. The average Bonchev–Trinajstić information content (AvgIpc) is 2.69. The van der Waals surface area contributed by atoms with Gasteiger partial charge in [-0.25, -0.2) is 9.97 Å². The highest BCUT2D eigenvalue weighted by atomic mass is 15.1. The first-order valence-electron chi connectivity index (χ1n) is 10.1. The van der Waals surface area contributed by atoms with Gasteiger partial charge >= 0.3 is 0 Å². The van der Waals surface area contributed by atoms with E-state index in [0.29, 0.717) is 11.8 Å². The molecule has 0 saturated carbocycles. The summed E-state index contributed by atoms with van der Waals surface area (Å²) in [4.78, 5) is 12.2. The van der Waals surface area contributed by atoms with Gasteiger partial charge in [0.1, 0.15) is 5.82 Å². The van der Waals surface area contributed by atoms with E-state index in [-0.39, 0.29) is 0 Å². The molecule has 0 radical (unpaired) electrons. The minimum Gasteiger partial charge on any atom is -0.317 e. The molecule has 3 heterocycles. The van der Waals surface area contributed by atoms with Crippen LogP contribution in [0, 0.1) is 0 Å². The molecule has 4 rings (SSSR count). The smallest absolute Gasteiger partial charge is 0.131 e. The molecule has 1 N–H and O–H groups in total. The van der Waals surface area contributed by atoms with Gasteiger partial charge < -0.3 is 5.32 Å². The molecule has 2 aliphatic heterocycles. The summed E-state index contributed by atoms with van der Waals surface area (Å²) in [5.74, 6) is 2.21. The van der Waals surface area contributed by atoms with Gasteiger partial charge in [-0.1, -0.05) is 38.1 Å². The summed E-state index contributed by atoms with van der Waals surface area (Å²) in [7, 11) is 0. The summed E-state index contributed by atoms with van der Waals surface area (Å²) in [6, 6.07) is 9.10. The lowest BCUT2D eigenvalue weighted by Gasteiger charge is -2.29. The van der Waals surface area contributed by atoms with Crippen molar-refractivity contribution >= 4 is 0 Å². The summed E-state index contributed by atoms with van der Waals surface area (Å²) in [5, 5.41) is 3.42. The van der Waals surface area contributed by atoms with Crippen molar-refractivity contribution in [2.45, 2.75) is 58.0 Å². The third-order valence-corrected chi connectivity index (χ3v) is 5.79. The topological polar surface area (TPSA) is 41.1 Å². The zero-order valence-corrected chi connectivity index (χ0v) is 16.0. The van der Waals surface area contributed by atoms with Crippen molar-refractivity contribution in [2.75, 3.05) is 19.6 Å². The Morgan fingerprint density at radius 2 is 1.92 bits per heavy atom. The van der Waals surface area contributed by atoms with E-state index >= 15 is 0 Å². The van der Waals surface area contributed by atoms with E-state index in [2.05, 4.69) is 54.5 Å². The molecule has 138 valence electrons. The van der Waals surface area contributed by atoms with Crippen LogP contribution in [0.5, 0.6) is 0 Å². The SMILES string of the molecule is CC(C)c1ccc(CN2CCc3nc(C4CCNCC4)ncc3C2)cc1. The van der Waals surface area contributed by atoms with E-state index in [1.54, 1.807) is 0 Å². The van der Waals surface area contributed by atoms with E-state index in [1.807, 2.05) is 0 Å². The molecule has 4 nitrogen and oxygen atoms in total. The Hall–Kier alpha value is -1.78. The fourth-order valence-electron chi connectivity index (χ4n) is 4.07. The second-order valence-corrected chi connectivity index (χ2v) is 8.08. The molecule has 1 saturated heterocycles. The lowest BCUT2D eigenvalue weighted by atomic mass is 9.96. The van der Waals surface area contributed by atoms with Crippen LogP contribution in [0.15, 0.2) is 30.5 Å². The monoisotopic (exact) mass is 350 g/mol. The van der Waals surface area contributed by atoms with Crippen molar-refractivity contribution in [3.05, 3.63) is 58.7 Å². The molecule has 0 bridgehead atoms. The van der Waals surface area contributed by atoms with Gasteiger partial charge in [0.25, 0.3) is 0 Å². The molecule has 1 aromatic carbocycles. The molecule has 0 spiro atoms. The fourth-order valence-corrected chi connectivity index (χ4v) is 4.07. The third-order valence-electron chi connectivity index (χ3n) is 5.79. The zero-order chi connectivity index (χ0) is 17.9. The van der Waals surface area contributed by atoms with Crippen molar-refractivity contribution in [3.63, 3.8) is 0 Å². The number of rotatable bonds is 4. The molecule has 2 aliphatic rings. The Bertz CT molecular complexity index is 732. The van der Waals surface area contributed by atoms with Crippen molar-refractivity contribution in [3.8, 4) is 0 Å². The van der Waals surface area contributed by atoms with Gasteiger partial charge in [-0.05, 0) is 43.0 Å². The van der Waals surface area contributed by atoms with Crippen LogP contribution in [-0.2, 0) is 19.5 Å². The quantitative estimate of drug-likeness (QED) is 0.914. The van der Waals surface area contributed by atoms with Gasteiger partial charge in [-0.2, -0.15) is 0 Å². The maximum atomic E-state index is 4.94. The standard InChI is InChI=1S/C22H30N4/c1-16(2)18-5-3-17(4-6-18)14-26-12-9-21-20(15-26)13-24-22(25-21)19-7-10-23-11-8-19/h3-6,13,16,19,23H,7-12,14-15H2,1-2H3. The Kier molecular flexibility index (Phi) is 5.32. The Balaban J connectivity index is 1.41. The van der Waals surface area contributed by atoms with Gasteiger partial charge in [0.2, 0.25) is 0 Å². The molecular formula is C22H30N4. The molecule has 0 amide bonds. The molecule has 26 heavy (non-hydrogen) atoms. The normalized spacial score (nSPS) is 18.9. The number of hydrogen-bond acceptors (Lipinski definition) is 4.